The topological polar surface area (TPSA) is 64.8 Å². The summed E-state index contributed by atoms with van der Waals surface area (Å²) >= 11 is 1.60. The Morgan fingerprint density at radius 3 is 2.71 bits per heavy atom. The summed E-state index contributed by atoms with van der Waals surface area (Å²) in [6.07, 6.45) is 1.85. The van der Waals surface area contributed by atoms with E-state index in [1.54, 1.807) is 15.9 Å². The van der Waals surface area contributed by atoms with Gasteiger partial charge in [0, 0.05) is 37.8 Å². The highest BCUT2D eigenvalue weighted by Crippen LogP contribution is 2.42. The Bertz CT molecular complexity index is 941. The minimum Gasteiger partial charge on any atom is -0.294 e. The lowest BCUT2D eigenvalue weighted by Crippen LogP contribution is -2.06. The highest BCUT2D eigenvalue weighted by atomic mass is 35.7. The Labute approximate surface area is 129 Å². The van der Waals surface area contributed by atoms with Gasteiger partial charge in [-0.05, 0) is 18.9 Å². The maximum atomic E-state index is 11.7. The van der Waals surface area contributed by atoms with E-state index in [0.717, 1.165) is 28.5 Å². The zero-order valence-electron chi connectivity index (χ0n) is 10.7. The fourth-order valence-electron chi connectivity index (χ4n) is 2.44. The summed E-state index contributed by atoms with van der Waals surface area (Å²) < 4.78 is 26.2. The molecule has 4 rings (SSSR count). The first-order valence-corrected chi connectivity index (χ1v) is 9.61. The zero-order valence-corrected chi connectivity index (χ0v) is 13.1. The van der Waals surface area contributed by atoms with Crippen LogP contribution >= 0.6 is 22.0 Å². The van der Waals surface area contributed by atoms with Crippen LogP contribution in [0.3, 0.4) is 0 Å². The van der Waals surface area contributed by atoms with Crippen LogP contribution < -0.4 is 0 Å². The first-order chi connectivity index (χ1) is 10.1. The molecule has 1 aliphatic carbocycles. The molecule has 0 spiro atoms. The van der Waals surface area contributed by atoms with Gasteiger partial charge in [-0.1, -0.05) is 18.2 Å². The molecule has 1 aliphatic rings. The Balaban J connectivity index is 1.99. The average molecular weight is 340 g/mol. The van der Waals surface area contributed by atoms with Crippen molar-refractivity contribution < 1.29 is 8.42 Å². The second kappa shape index (κ2) is 4.53. The number of aromatic nitrogens is 3. The molecule has 5 nitrogen and oxygen atoms in total. The van der Waals surface area contributed by atoms with E-state index >= 15 is 0 Å². The normalized spacial score (nSPS) is 15.7. The van der Waals surface area contributed by atoms with Gasteiger partial charge in [-0.25, -0.2) is 8.42 Å². The number of fused-ring (bicyclic) bond motifs is 1. The van der Waals surface area contributed by atoms with E-state index < -0.39 is 9.05 Å². The summed E-state index contributed by atoms with van der Waals surface area (Å²) in [6.45, 7) is 0. The molecule has 0 aliphatic heterocycles. The van der Waals surface area contributed by atoms with Crippen LogP contribution in [0.25, 0.3) is 21.5 Å². The number of thiophene rings is 1. The van der Waals surface area contributed by atoms with E-state index in [9.17, 15) is 8.42 Å². The number of halogens is 1. The summed E-state index contributed by atoms with van der Waals surface area (Å²) in [5.74, 6) is 0.578. The molecule has 0 atom stereocenters. The van der Waals surface area contributed by atoms with Gasteiger partial charge in [-0.3, -0.25) is 4.57 Å². The molecule has 0 saturated heterocycles. The van der Waals surface area contributed by atoms with Crippen molar-refractivity contribution in [1.82, 2.24) is 14.8 Å². The fraction of sp³-hybridized carbons (Fsp3) is 0.231. The third kappa shape index (κ3) is 2.16. The lowest BCUT2D eigenvalue weighted by Gasteiger charge is -2.06. The monoisotopic (exact) mass is 339 g/mol. The smallest absolute Gasteiger partial charge is 0.294 e. The molecule has 21 heavy (non-hydrogen) atoms. The molecular formula is C13H10ClN3O2S2. The van der Waals surface area contributed by atoms with Crippen LogP contribution in [0.1, 0.15) is 18.9 Å². The van der Waals surface area contributed by atoms with E-state index in [1.807, 2.05) is 29.6 Å². The molecule has 2 aromatic heterocycles. The molecule has 3 aromatic rings. The average Bonchev–Trinajstić information content (AvgIpc) is 3.03. The van der Waals surface area contributed by atoms with Crippen molar-refractivity contribution in [3.63, 3.8) is 0 Å². The van der Waals surface area contributed by atoms with Gasteiger partial charge in [0.2, 0.25) is 0 Å². The highest BCUT2D eigenvalue weighted by molar-refractivity contribution is 8.13. The molecule has 1 fully saturated rings. The largest absolute Gasteiger partial charge is 0.296 e. The van der Waals surface area contributed by atoms with Crippen LogP contribution in [0.2, 0.25) is 0 Å². The lowest BCUT2D eigenvalue weighted by molar-refractivity contribution is 0.579. The van der Waals surface area contributed by atoms with Gasteiger partial charge < -0.3 is 0 Å². The number of hydrogen-bond acceptors (Lipinski definition) is 5. The molecule has 1 saturated carbocycles. The SMILES string of the molecule is O=S(=O)(Cl)c1nnc(-c2csc3ccccc23)n1C1CC1. The Kier molecular flexibility index (Phi) is 2.85. The van der Waals surface area contributed by atoms with Crippen molar-refractivity contribution in [2.45, 2.75) is 24.0 Å². The van der Waals surface area contributed by atoms with E-state index in [4.69, 9.17) is 10.7 Å². The molecule has 2 heterocycles. The quantitative estimate of drug-likeness (QED) is 0.686. The summed E-state index contributed by atoms with van der Waals surface area (Å²) in [6, 6.07) is 8.08. The van der Waals surface area contributed by atoms with Gasteiger partial charge in [0.1, 0.15) is 0 Å². The fourth-order valence-corrected chi connectivity index (χ4v) is 4.30. The van der Waals surface area contributed by atoms with Gasteiger partial charge >= 0.3 is 0 Å². The molecule has 0 N–H and O–H groups in total. The van der Waals surface area contributed by atoms with Crippen LogP contribution in [-0.4, -0.2) is 23.2 Å². The van der Waals surface area contributed by atoms with Crippen LogP contribution in [0, 0.1) is 0 Å². The van der Waals surface area contributed by atoms with Crippen molar-refractivity contribution in [3.8, 4) is 11.4 Å². The third-order valence-electron chi connectivity index (χ3n) is 3.52. The molecule has 0 unspecified atom stereocenters. The molecule has 1 aromatic carbocycles. The maximum absolute atomic E-state index is 11.7. The Morgan fingerprint density at radius 1 is 1.24 bits per heavy atom. The van der Waals surface area contributed by atoms with Gasteiger partial charge in [0.15, 0.2) is 5.82 Å². The van der Waals surface area contributed by atoms with Gasteiger partial charge in [0.05, 0.1) is 0 Å². The molecular weight excluding hydrogens is 330 g/mol. The molecule has 0 bridgehead atoms. The predicted molar refractivity (Wildman–Crippen MR) is 82.2 cm³/mol. The number of nitrogens with zero attached hydrogens (tertiary/aromatic N) is 3. The van der Waals surface area contributed by atoms with E-state index in [-0.39, 0.29) is 11.2 Å². The van der Waals surface area contributed by atoms with Crippen LogP contribution in [0.4, 0.5) is 0 Å². The summed E-state index contributed by atoms with van der Waals surface area (Å²) in [5, 5.41) is 10.8. The first-order valence-electron chi connectivity index (χ1n) is 6.42. The third-order valence-corrected chi connectivity index (χ3v) is 5.61. The van der Waals surface area contributed by atoms with E-state index in [1.165, 1.54) is 0 Å². The minimum absolute atomic E-state index is 0.122. The van der Waals surface area contributed by atoms with E-state index in [0.29, 0.717) is 5.82 Å². The zero-order chi connectivity index (χ0) is 14.6. The number of hydrogen-bond donors (Lipinski definition) is 0. The summed E-state index contributed by atoms with van der Waals surface area (Å²) in [7, 11) is 1.58. The van der Waals surface area contributed by atoms with Crippen molar-refractivity contribution in [2.24, 2.45) is 0 Å². The summed E-state index contributed by atoms with van der Waals surface area (Å²) in [5.41, 5.74) is 0.904. The van der Waals surface area contributed by atoms with Crippen LogP contribution in [0.15, 0.2) is 34.8 Å². The second-order valence-corrected chi connectivity index (χ2v) is 8.36. The molecule has 108 valence electrons. The van der Waals surface area contributed by atoms with Crippen molar-refractivity contribution in [2.75, 3.05) is 0 Å². The second-order valence-electron chi connectivity index (χ2n) is 4.99. The van der Waals surface area contributed by atoms with Gasteiger partial charge in [0.25, 0.3) is 14.2 Å². The van der Waals surface area contributed by atoms with E-state index in [2.05, 4.69) is 10.2 Å². The number of benzene rings is 1. The predicted octanol–water partition coefficient (Wildman–Crippen LogP) is 3.42. The Hall–Kier alpha value is -1.44. The molecule has 8 heteroatoms. The van der Waals surface area contributed by atoms with Gasteiger partial charge in [-0.2, -0.15) is 0 Å². The lowest BCUT2D eigenvalue weighted by atomic mass is 10.1. The van der Waals surface area contributed by atoms with Crippen molar-refractivity contribution in [1.29, 1.82) is 0 Å². The standard InChI is InChI=1S/C13H10ClN3O2S2/c14-21(18,19)13-16-15-12(17(13)8-5-6-8)10-7-20-11-4-2-1-3-9(10)11/h1-4,7-8H,5-6H2. The Morgan fingerprint density at radius 2 is 2.00 bits per heavy atom. The van der Waals surface area contributed by atoms with Crippen molar-refractivity contribution >= 4 is 41.2 Å². The number of rotatable bonds is 3. The van der Waals surface area contributed by atoms with Gasteiger partial charge in [-0.15, -0.1) is 21.5 Å². The minimum atomic E-state index is -3.90. The molecule has 0 amide bonds. The van der Waals surface area contributed by atoms with Crippen molar-refractivity contribution in [3.05, 3.63) is 29.6 Å². The molecule has 0 radical (unpaired) electrons. The maximum Gasteiger partial charge on any atom is 0.296 e. The summed E-state index contributed by atoms with van der Waals surface area (Å²) in [4.78, 5) is 0. The highest BCUT2D eigenvalue weighted by Gasteiger charge is 2.34. The van der Waals surface area contributed by atoms with Crippen LogP contribution in [0.5, 0.6) is 0 Å². The van der Waals surface area contributed by atoms with Crippen LogP contribution in [-0.2, 0) is 9.05 Å². The first kappa shape index (κ1) is 13.2.